The van der Waals surface area contributed by atoms with Gasteiger partial charge in [-0.25, -0.2) is 9.59 Å². The molecule has 4 amide bonds. The third-order valence-corrected chi connectivity index (χ3v) is 5.24. The van der Waals surface area contributed by atoms with Crippen LogP contribution >= 0.6 is 0 Å². The molecule has 2 heterocycles. The third-order valence-electron chi connectivity index (χ3n) is 5.24. The van der Waals surface area contributed by atoms with E-state index in [9.17, 15) is 14.4 Å². The Kier molecular flexibility index (Phi) is 5.99. The first kappa shape index (κ1) is 17.8. The molecule has 0 aromatic rings. The van der Waals surface area contributed by atoms with Crippen LogP contribution < -0.4 is 5.32 Å². The average Bonchev–Trinajstić information content (AvgIpc) is 2.87. The molecule has 1 saturated carbocycles. The summed E-state index contributed by atoms with van der Waals surface area (Å²) in [5.74, 6) is -0.0756. The van der Waals surface area contributed by atoms with E-state index in [1.54, 1.807) is 4.90 Å². The Hall–Kier alpha value is -1.99. The highest BCUT2D eigenvalue weighted by atomic mass is 16.6. The Bertz CT molecular complexity index is 507. The van der Waals surface area contributed by atoms with Crippen molar-refractivity contribution in [2.24, 2.45) is 0 Å². The molecular weight excluding hydrogens is 324 g/mol. The molecule has 3 fully saturated rings. The average molecular weight is 352 g/mol. The number of nitrogens with zero attached hydrogens (tertiary/aromatic N) is 3. The first-order valence-corrected chi connectivity index (χ1v) is 9.38. The predicted octanol–water partition coefficient (Wildman–Crippen LogP) is 1.02. The Morgan fingerprint density at radius 3 is 2.40 bits per heavy atom. The molecule has 8 heteroatoms. The molecule has 0 atom stereocenters. The summed E-state index contributed by atoms with van der Waals surface area (Å²) in [5.41, 5.74) is 0. The molecule has 3 aliphatic rings. The van der Waals surface area contributed by atoms with E-state index in [0.717, 1.165) is 19.3 Å². The number of nitrogens with one attached hydrogen (secondary N) is 1. The summed E-state index contributed by atoms with van der Waals surface area (Å²) in [4.78, 5) is 41.3. The summed E-state index contributed by atoms with van der Waals surface area (Å²) < 4.78 is 4.85. The van der Waals surface area contributed by atoms with E-state index < -0.39 is 6.09 Å². The minimum absolute atomic E-state index is 0.00989. The van der Waals surface area contributed by atoms with Gasteiger partial charge in [-0.1, -0.05) is 19.3 Å². The topological polar surface area (TPSA) is 82.2 Å². The highest BCUT2D eigenvalue weighted by Gasteiger charge is 2.28. The molecule has 1 N–H and O–H groups in total. The lowest BCUT2D eigenvalue weighted by Crippen LogP contribution is -2.47. The van der Waals surface area contributed by atoms with Crippen molar-refractivity contribution in [3.8, 4) is 0 Å². The smallest absolute Gasteiger partial charge is 0.410 e. The van der Waals surface area contributed by atoms with E-state index in [1.165, 1.54) is 24.2 Å². The van der Waals surface area contributed by atoms with Crippen LogP contribution in [0.4, 0.5) is 9.59 Å². The van der Waals surface area contributed by atoms with Gasteiger partial charge in [-0.05, 0) is 19.3 Å². The first-order chi connectivity index (χ1) is 12.1. The molecule has 0 unspecified atom stereocenters. The van der Waals surface area contributed by atoms with Gasteiger partial charge in [0.15, 0.2) is 0 Å². The normalized spacial score (nSPS) is 22.6. The summed E-state index contributed by atoms with van der Waals surface area (Å²) in [5, 5.41) is 3.14. The number of urea groups is 1. The van der Waals surface area contributed by atoms with Gasteiger partial charge < -0.3 is 19.9 Å². The summed E-state index contributed by atoms with van der Waals surface area (Å²) in [6, 6.07) is 0.285. The van der Waals surface area contributed by atoms with Crippen LogP contribution in [-0.4, -0.2) is 84.6 Å². The molecule has 8 nitrogen and oxygen atoms in total. The molecule has 2 saturated heterocycles. The van der Waals surface area contributed by atoms with Gasteiger partial charge in [0.25, 0.3) is 0 Å². The van der Waals surface area contributed by atoms with Gasteiger partial charge in [0.05, 0.1) is 6.54 Å². The van der Waals surface area contributed by atoms with Crippen LogP contribution in [0.25, 0.3) is 0 Å². The van der Waals surface area contributed by atoms with Crippen LogP contribution in [0, 0.1) is 0 Å². The zero-order valence-electron chi connectivity index (χ0n) is 14.7. The summed E-state index contributed by atoms with van der Waals surface area (Å²) in [6.07, 6.45) is 6.10. The second-order valence-corrected chi connectivity index (χ2v) is 7.04. The Morgan fingerprint density at radius 1 is 0.960 bits per heavy atom. The number of cyclic esters (lactones) is 1. The maximum atomic E-state index is 12.5. The molecule has 0 spiro atoms. The van der Waals surface area contributed by atoms with Crippen molar-refractivity contribution in [2.75, 3.05) is 45.9 Å². The molecule has 0 aromatic heterocycles. The van der Waals surface area contributed by atoms with Crippen LogP contribution in [0.2, 0.25) is 0 Å². The molecule has 1 aliphatic carbocycles. The zero-order chi connectivity index (χ0) is 17.6. The Balaban J connectivity index is 1.45. The van der Waals surface area contributed by atoms with E-state index in [2.05, 4.69) is 5.32 Å². The van der Waals surface area contributed by atoms with Gasteiger partial charge in [0.1, 0.15) is 13.2 Å². The standard InChI is InChI=1S/C17H28N4O4/c22-15(13-21-11-12-25-17(21)24)19-7-4-8-20(10-9-19)16(23)18-14-5-2-1-3-6-14/h14H,1-13H2,(H,18,23). The van der Waals surface area contributed by atoms with Gasteiger partial charge in [0.2, 0.25) is 5.91 Å². The molecule has 2 aliphatic heterocycles. The van der Waals surface area contributed by atoms with Gasteiger partial charge in [0, 0.05) is 32.2 Å². The maximum Gasteiger partial charge on any atom is 0.410 e. The van der Waals surface area contributed by atoms with Crippen LogP contribution in [0.5, 0.6) is 0 Å². The predicted molar refractivity (Wildman–Crippen MR) is 91.1 cm³/mol. The number of hydrogen-bond donors (Lipinski definition) is 1. The number of rotatable bonds is 3. The minimum Gasteiger partial charge on any atom is -0.448 e. The quantitative estimate of drug-likeness (QED) is 0.822. The fraction of sp³-hybridized carbons (Fsp3) is 0.824. The van der Waals surface area contributed by atoms with Gasteiger partial charge in [-0.2, -0.15) is 0 Å². The lowest BCUT2D eigenvalue weighted by Gasteiger charge is -2.28. The maximum absolute atomic E-state index is 12.5. The van der Waals surface area contributed by atoms with E-state index in [4.69, 9.17) is 4.74 Å². The second kappa shape index (κ2) is 8.40. The fourth-order valence-electron chi connectivity index (χ4n) is 3.72. The highest BCUT2D eigenvalue weighted by molar-refractivity contribution is 5.83. The minimum atomic E-state index is -0.420. The number of carbonyl (C=O) groups excluding carboxylic acids is 3. The van der Waals surface area contributed by atoms with Gasteiger partial charge in [-0.15, -0.1) is 0 Å². The SMILES string of the molecule is O=C(CN1CCOC1=O)N1CCCN(C(=O)NC2CCCCC2)CC1. The molecule has 0 radical (unpaired) electrons. The van der Waals surface area contributed by atoms with Crippen molar-refractivity contribution in [1.82, 2.24) is 20.0 Å². The zero-order valence-corrected chi connectivity index (χ0v) is 14.7. The molecule has 25 heavy (non-hydrogen) atoms. The number of carbonyl (C=O) groups is 3. The number of hydrogen-bond acceptors (Lipinski definition) is 4. The van der Waals surface area contributed by atoms with Crippen molar-refractivity contribution < 1.29 is 19.1 Å². The molecule has 0 aromatic carbocycles. The number of ether oxygens (including phenoxy) is 1. The van der Waals surface area contributed by atoms with Crippen LogP contribution in [-0.2, 0) is 9.53 Å². The van der Waals surface area contributed by atoms with Gasteiger partial charge >= 0.3 is 12.1 Å². The van der Waals surface area contributed by atoms with Crippen molar-refractivity contribution >= 4 is 18.0 Å². The second-order valence-electron chi connectivity index (χ2n) is 7.04. The molecule has 3 rings (SSSR count). The van der Waals surface area contributed by atoms with Crippen molar-refractivity contribution in [2.45, 2.75) is 44.6 Å². The van der Waals surface area contributed by atoms with Crippen molar-refractivity contribution in [1.29, 1.82) is 0 Å². The molecular formula is C17H28N4O4. The summed E-state index contributed by atoms with van der Waals surface area (Å²) in [7, 11) is 0. The Labute approximate surface area is 148 Å². The summed E-state index contributed by atoms with van der Waals surface area (Å²) >= 11 is 0. The largest absolute Gasteiger partial charge is 0.448 e. The van der Waals surface area contributed by atoms with Gasteiger partial charge in [-0.3, -0.25) is 9.69 Å². The van der Waals surface area contributed by atoms with E-state index in [-0.39, 0.29) is 18.5 Å². The van der Waals surface area contributed by atoms with E-state index in [1.807, 2.05) is 4.90 Å². The molecule has 140 valence electrons. The number of amides is 4. The van der Waals surface area contributed by atoms with E-state index in [0.29, 0.717) is 45.4 Å². The van der Waals surface area contributed by atoms with E-state index >= 15 is 0 Å². The van der Waals surface area contributed by atoms with Crippen molar-refractivity contribution in [3.05, 3.63) is 0 Å². The lowest BCUT2D eigenvalue weighted by atomic mass is 9.96. The lowest BCUT2D eigenvalue weighted by molar-refractivity contribution is -0.131. The first-order valence-electron chi connectivity index (χ1n) is 9.38. The monoisotopic (exact) mass is 352 g/mol. The van der Waals surface area contributed by atoms with Crippen LogP contribution in [0.1, 0.15) is 38.5 Å². The summed E-state index contributed by atoms with van der Waals surface area (Å²) in [6.45, 7) is 3.21. The van der Waals surface area contributed by atoms with Crippen molar-refractivity contribution in [3.63, 3.8) is 0 Å². The molecule has 0 bridgehead atoms. The highest BCUT2D eigenvalue weighted by Crippen LogP contribution is 2.18. The van der Waals surface area contributed by atoms with Crippen LogP contribution in [0.15, 0.2) is 0 Å². The fourth-order valence-corrected chi connectivity index (χ4v) is 3.72. The Morgan fingerprint density at radius 2 is 1.68 bits per heavy atom. The van der Waals surface area contributed by atoms with Crippen LogP contribution in [0.3, 0.4) is 0 Å². The third kappa shape index (κ3) is 4.76.